The highest BCUT2D eigenvalue weighted by Gasteiger charge is 2.36. The Morgan fingerprint density at radius 3 is 1.48 bits per heavy atom. The molecule has 2 heteroatoms. The number of hydrogen-bond acceptors (Lipinski definition) is 2. The first-order chi connectivity index (χ1) is 29.7. The van der Waals surface area contributed by atoms with Crippen molar-refractivity contribution in [2.45, 2.75) is 230 Å². The van der Waals surface area contributed by atoms with Crippen LogP contribution in [0.25, 0.3) is 11.1 Å². The zero-order valence-corrected chi connectivity index (χ0v) is 43.4. The van der Waals surface area contributed by atoms with Crippen LogP contribution in [0.5, 0.6) is 11.5 Å². The number of hydrogen-bond donors (Lipinski definition) is 0. The van der Waals surface area contributed by atoms with Gasteiger partial charge in [-0.1, -0.05) is 137 Å². The normalized spacial score (nSPS) is 21.1. The summed E-state index contributed by atoms with van der Waals surface area (Å²) in [5.74, 6) is 4.05. The molecule has 3 unspecified atom stereocenters. The Labute approximate surface area is 387 Å². The molecule has 0 radical (unpaired) electrons. The lowest BCUT2D eigenvalue weighted by molar-refractivity contribution is 0.0649. The molecule has 4 aliphatic heterocycles. The molecule has 0 saturated carbocycles. The van der Waals surface area contributed by atoms with E-state index in [4.69, 9.17) is 9.47 Å². The van der Waals surface area contributed by atoms with Crippen molar-refractivity contribution in [1.82, 2.24) is 0 Å². The highest BCUT2D eigenvalue weighted by Crippen LogP contribution is 2.46. The number of ether oxygens (including phenoxy) is 2. The fourth-order valence-corrected chi connectivity index (χ4v) is 11.2. The van der Waals surface area contributed by atoms with E-state index in [1.54, 1.807) is 0 Å². The van der Waals surface area contributed by atoms with Gasteiger partial charge in [0, 0.05) is 12.8 Å². The molecule has 4 heterocycles. The molecule has 4 aliphatic rings. The van der Waals surface area contributed by atoms with Crippen molar-refractivity contribution in [2.24, 2.45) is 11.8 Å². The maximum absolute atomic E-state index is 7.43. The minimum atomic E-state index is -0.415. The highest BCUT2D eigenvalue weighted by atomic mass is 16.5. The fourth-order valence-electron chi connectivity index (χ4n) is 11.2. The van der Waals surface area contributed by atoms with Gasteiger partial charge in [-0.3, -0.25) is 0 Å². The van der Waals surface area contributed by atoms with E-state index in [-0.39, 0.29) is 0 Å². The van der Waals surface area contributed by atoms with Gasteiger partial charge in [0.15, 0.2) is 0 Å². The van der Waals surface area contributed by atoms with Gasteiger partial charge < -0.3 is 9.47 Å². The third-order valence-electron chi connectivity index (χ3n) is 14.7. The second-order valence-electron chi connectivity index (χ2n) is 22.1. The molecule has 0 aliphatic carbocycles. The van der Waals surface area contributed by atoms with Crippen molar-refractivity contribution < 1.29 is 9.47 Å². The van der Waals surface area contributed by atoms with Crippen LogP contribution in [-0.2, 0) is 25.7 Å². The van der Waals surface area contributed by atoms with E-state index in [0.29, 0.717) is 17.8 Å². The molecule has 0 aromatic heterocycles. The monoisotopic (exact) mass is 855 g/mol. The van der Waals surface area contributed by atoms with Crippen LogP contribution in [-0.4, -0.2) is 11.2 Å². The minimum absolute atomic E-state index is 0.363. The molecule has 3 atom stereocenters. The SMILES string of the molecule is CCCC1(C)Cc2c(C(C)C)cc(C)c(C)c2-c2c(C)c(C)cc(C(C)C)c2CC(C)(CC(C)C)Oc2ccc(cc2C)CCCCCCCC(C)CCCc2ccc(c(C)c2)O1. The van der Waals surface area contributed by atoms with E-state index in [1.807, 2.05) is 0 Å². The topological polar surface area (TPSA) is 18.5 Å². The Kier molecular flexibility index (Phi) is 17.7. The lowest BCUT2D eigenvalue weighted by Gasteiger charge is -2.37. The third kappa shape index (κ3) is 13.1. The van der Waals surface area contributed by atoms with Crippen LogP contribution in [0, 0.1) is 53.4 Å². The van der Waals surface area contributed by atoms with Crippen molar-refractivity contribution in [3.8, 4) is 22.6 Å². The van der Waals surface area contributed by atoms with Gasteiger partial charge in [-0.15, -0.1) is 0 Å². The summed E-state index contributed by atoms with van der Waals surface area (Å²) < 4.78 is 14.8. The molecule has 4 aromatic rings. The molecule has 0 N–H and O–H groups in total. The van der Waals surface area contributed by atoms with E-state index in [1.165, 1.54) is 129 Å². The molecule has 0 spiro atoms. The second-order valence-corrected chi connectivity index (χ2v) is 22.1. The molecule has 4 aromatic carbocycles. The summed E-state index contributed by atoms with van der Waals surface area (Å²) in [6.45, 7) is 37.8. The average Bonchev–Trinajstić information content (AvgIpc) is 3.19. The predicted molar refractivity (Wildman–Crippen MR) is 275 cm³/mol. The van der Waals surface area contributed by atoms with Crippen molar-refractivity contribution in [2.75, 3.05) is 0 Å². The Morgan fingerprint density at radius 1 is 0.556 bits per heavy atom. The zero-order chi connectivity index (χ0) is 46.2. The molecule has 0 amide bonds. The van der Waals surface area contributed by atoms with E-state index >= 15 is 0 Å². The van der Waals surface area contributed by atoms with Gasteiger partial charge in [0.05, 0.1) is 0 Å². The van der Waals surface area contributed by atoms with Crippen LogP contribution < -0.4 is 9.47 Å². The average molecular weight is 855 g/mol. The number of rotatable bonds is 6. The lowest BCUT2D eigenvalue weighted by Crippen LogP contribution is -2.38. The maximum atomic E-state index is 7.43. The van der Waals surface area contributed by atoms with Gasteiger partial charge in [-0.2, -0.15) is 0 Å². The Balaban J connectivity index is 1.74. The van der Waals surface area contributed by atoms with Crippen LogP contribution >= 0.6 is 0 Å². The summed E-state index contributed by atoms with van der Waals surface area (Å²) >= 11 is 0. The largest absolute Gasteiger partial charge is 0.487 e. The Morgan fingerprint density at radius 2 is 1.00 bits per heavy atom. The van der Waals surface area contributed by atoms with Crippen LogP contribution in [0.1, 0.15) is 218 Å². The molecule has 2 nitrogen and oxygen atoms in total. The number of benzene rings is 4. The first-order valence-corrected chi connectivity index (χ1v) is 25.6. The molecule has 0 fully saturated rings. The maximum Gasteiger partial charge on any atom is 0.123 e. The van der Waals surface area contributed by atoms with E-state index < -0.39 is 11.2 Å². The van der Waals surface area contributed by atoms with E-state index in [9.17, 15) is 0 Å². The molecule has 63 heavy (non-hydrogen) atoms. The second kappa shape index (κ2) is 22.1. The van der Waals surface area contributed by atoms with Gasteiger partial charge in [-0.25, -0.2) is 0 Å². The molecule has 4 bridgehead atoms. The molecule has 346 valence electrons. The highest BCUT2D eigenvalue weighted by molar-refractivity contribution is 5.81. The predicted octanol–water partition coefficient (Wildman–Crippen LogP) is 17.9. The quantitative estimate of drug-likeness (QED) is 0.192. The van der Waals surface area contributed by atoms with Gasteiger partial charge >= 0.3 is 0 Å². The minimum Gasteiger partial charge on any atom is -0.487 e. The van der Waals surface area contributed by atoms with Crippen LogP contribution in [0.4, 0.5) is 0 Å². The Bertz CT molecular complexity index is 2130. The van der Waals surface area contributed by atoms with Crippen LogP contribution in [0.2, 0.25) is 0 Å². The smallest absolute Gasteiger partial charge is 0.123 e. The molecular weight excluding hydrogens is 765 g/mol. The summed E-state index contributed by atoms with van der Waals surface area (Å²) in [5.41, 5.74) is 18.8. The van der Waals surface area contributed by atoms with Crippen LogP contribution in [0.3, 0.4) is 0 Å². The van der Waals surface area contributed by atoms with Crippen molar-refractivity contribution >= 4 is 0 Å². The van der Waals surface area contributed by atoms with Gasteiger partial charge in [0.1, 0.15) is 22.7 Å². The third-order valence-corrected chi connectivity index (χ3v) is 14.7. The van der Waals surface area contributed by atoms with Gasteiger partial charge in [0.2, 0.25) is 0 Å². The van der Waals surface area contributed by atoms with Gasteiger partial charge in [-0.05, 0) is 208 Å². The summed E-state index contributed by atoms with van der Waals surface area (Å²) in [4.78, 5) is 0. The summed E-state index contributed by atoms with van der Waals surface area (Å²) in [5, 5.41) is 0. The lowest BCUT2D eigenvalue weighted by atomic mass is 9.73. The zero-order valence-electron chi connectivity index (χ0n) is 43.4. The van der Waals surface area contributed by atoms with Crippen molar-refractivity contribution in [3.05, 3.63) is 115 Å². The Hall–Kier alpha value is -3.52. The molecular formula is C61H90O2. The summed E-state index contributed by atoms with van der Waals surface area (Å²) in [7, 11) is 0. The van der Waals surface area contributed by atoms with Crippen LogP contribution in [0.15, 0.2) is 48.5 Å². The summed E-state index contributed by atoms with van der Waals surface area (Å²) in [6, 6.07) is 19.1. The standard InChI is InChI=1S/C61H90O2/c1-17-32-60(15)38-54-52(41(4)5)35-44(9)48(13)58(54)59-49(14)45(10)36-53(42(6)7)55(59)39-61(16,37-40(2)3)63-57-31-28-50(33-47(57)12)26-22-20-18-19-21-24-43(8)25-23-27-51-29-30-56(62-60)46(11)34-51/h28-31,33-36,40-43H,17-27,32,37-39H2,1-16H3. The molecule has 0 saturated heterocycles. The number of aryl methyl sites for hydroxylation is 6. The molecule has 8 rings (SSSR count). The van der Waals surface area contributed by atoms with Crippen molar-refractivity contribution in [1.29, 1.82) is 0 Å². The first kappa shape index (κ1) is 50.5. The van der Waals surface area contributed by atoms with Gasteiger partial charge in [0.25, 0.3) is 0 Å². The fraction of sp³-hybridized carbons (Fsp3) is 0.607. The first-order valence-electron chi connectivity index (χ1n) is 25.6. The summed E-state index contributed by atoms with van der Waals surface area (Å²) in [6.07, 6.45) is 17.5. The van der Waals surface area contributed by atoms with E-state index in [0.717, 1.165) is 62.4 Å². The van der Waals surface area contributed by atoms with Crippen molar-refractivity contribution in [3.63, 3.8) is 0 Å². The van der Waals surface area contributed by atoms with E-state index in [2.05, 4.69) is 159 Å².